The van der Waals surface area contributed by atoms with Crippen molar-refractivity contribution in [3.05, 3.63) is 83.5 Å². The fourth-order valence-corrected chi connectivity index (χ4v) is 7.42. The highest BCUT2D eigenvalue weighted by Crippen LogP contribution is 2.46. The lowest BCUT2D eigenvalue weighted by Crippen LogP contribution is -2.34. The Bertz CT molecular complexity index is 1210. The first-order chi connectivity index (χ1) is 21.3. The van der Waals surface area contributed by atoms with Gasteiger partial charge in [0.25, 0.3) is 0 Å². The molecule has 1 aromatic rings. The molecule has 258 valence electrons. The Balaban J connectivity index is 0.00000346. The van der Waals surface area contributed by atoms with Crippen LogP contribution in [-0.2, 0) is 22.0 Å². The lowest BCUT2D eigenvalue weighted by atomic mass is 9.62. The summed E-state index contributed by atoms with van der Waals surface area (Å²) in [5.41, 5.74) is 7.30. The largest absolute Gasteiger partial charge is 0.295 e. The van der Waals surface area contributed by atoms with Crippen LogP contribution in [0.1, 0.15) is 150 Å². The summed E-state index contributed by atoms with van der Waals surface area (Å²) in [5, 5.41) is 0. The van der Waals surface area contributed by atoms with Crippen LogP contribution in [0, 0.1) is 30.6 Å². The molecule has 46 heavy (non-hydrogen) atoms. The normalized spacial score (nSPS) is 22.8. The molecule has 0 bridgehead atoms. The number of allylic oxidation sites excluding steroid dienone is 6. The second-order valence-corrected chi connectivity index (χ2v) is 15.3. The predicted molar refractivity (Wildman–Crippen MR) is 206 cm³/mol. The lowest BCUT2D eigenvalue weighted by molar-refractivity contribution is -0.118. The zero-order chi connectivity index (χ0) is 33.8. The SMILES string of the molecule is C.C=CC=NC(C)C(C)CC1CCCC(CC(C)C(=O)/C=C/C=C(\C=C)Cc2cc3c(cc2C)C(C)(C)CCC3(C)C)CC1.CC. The summed E-state index contributed by atoms with van der Waals surface area (Å²) in [6.07, 6.45) is 23.3. The van der Waals surface area contributed by atoms with E-state index in [2.05, 4.69) is 91.7 Å². The van der Waals surface area contributed by atoms with Crippen molar-refractivity contribution in [2.24, 2.45) is 28.7 Å². The highest BCUT2D eigenvalue weighted by atomic mass is 16.1. The number of aryl methyl sites for hydroxylation is 1. The maximum absolute atomic E-state index is 13.1. The zero-order valence-corrected chi connectivity index (χ0v) is 30.8. The molecule has 1 fully saturated rings. The number of hydrogen-bond donors (Lipinski definition) is 0. The average molecular weight is 630 g/mol. The summed E-state index contributed by atoms with van der Waals surface area (Å²) < 4.78 is 0. The number of nitrogens with zero attached hydrogens (tertiary/aromatic N) is 1. The first-order valence-electron chi connectivity index (χ1n) is 18.1. The van der Waals surface area contributed by atoms with Gasteiger partial charge in [-0.05, 0) is 108 Å². The first kappa shape index (κ1) is 41.5. The molecule has 5 atom stereocenters. The Morgan fingerprint density at radius 3 is 2.07 bits per heavy atom. The Kier molecular flexibility index (Phi) is 17.5. The van der Waals surface area contributed by atoms with Crippen molar-refractivity contribution >= 4 is 12.0 Å². The van der Waals surface area contributed by atoms with Gasteiger partial charge in [-0.25, -0.2) is 0 Å². The van der Waals surface area contributed by atoms with Gasteiger partial charge in [0.1, 0.15) is 0 Å². The van der Waals surface area contributed by atoms with E-state index in [4.69, 9.17) is 0 Å². The number of rotatable bonds is 13. The minimum absolute atomic E-state index is 0. The van der Waals surface area contributed by atoms with Gasteiger partial charge < -0.3 is 0 Å². The van der Waals surface area contributed by atoms with Crippen molar-refractivity contribution in [1.82, 2.24) is 0 Å². The molecule has 0 aliphatic heterocycles. The molecule has 0 heterocycles. The van der Waals surface area contributed by atoms with Crippen LogP contribution in [0.4, 0.5) is 0 Å². The van der Waals surface area contributed by atoms with Gasteiger partial charge in [-0.1, -0.05) is 145 Å². The Labute approximate surface area is 286 Å². The molecule has 2 aliphatic rings. The van der Waals surface area contributed by atoms with Crippen molar-refractivity contribution in [2.75, 3.05) is 0 Å². The molecule has 1 saturated carbocycles. The van der Waals surface area contributed by atoms with Crippen LogP contribution in [0.3, 0.4) is 0 Å². The topological polar surface area (TPSA) is 29.4 Å². The quantitative estimate of drug-likeness (QED) is 0.0923. The molecule has 0 N–H and O–H groups in total. The van der Waals surface area contributed by atoms with Gasteiger partial charge in [-0.3, -0.25) is 9.79 Å². The lowest BCUT2D eigenvalue weighted by Gasteiger charge is -2.42. The Morgan fingerprint density at radius 1 is 0.935 bits per heavy atom. The van der Waals surface area contributed by atoms with Gasteiger partial charge in [0.2, 0.25) is 0 Å². The molecule has 5 unspecified atom stereocenters. The molecule has 2 nitrogen and oxygen atoms in total. The Hall–Kier alpha value is -2.48. The van der Waals surface area contributed by atoms with Crippen molar-refractivity contribution in [3.63, 3.8) is 0 Å². The molecule has 3 rings (SSSR count). The zero-order valence-electron chi connectivity index (χ0n) is 30.8. The molecule has 2 heteroatoms. The van der Waals surface area contributed by atoms with Gasteiger partial charge in [-0.2, -0.15) is 0 Å². The van der Waals surface area contributed by atoms with Crippen LogP contribution < -0.4 is 0 Å². The van der Waals surface area contributed by atoms with Crippen LogP contribution in [0.25, 0.3) is 0 Å². The molecule has 0 amide bonds. The van der Waals surface area contributed by atoms with E-state index < -0.39 is 0 Å². The van der Waals surface area contributed by atoms with E-state index in [9.17, 15) is 4.79 Å². The number of carbonyl (C=O) groups is 1. The summed E-state index contributed by atoms with van der Waals surface area (Å²) in [5.74, 6) is 2.35. The standard InChI is InChI=1S/C41H61NO.C2H6.CH4/c1-11-23-42-32(6)29(3)24-34-16-13-17-35(20-19-34)25-31(5)39(43)18-14-15-33(12-2)27-36-28-38-37(26-30(36)4)40(7,8)21-22-41(38,9)10;1-2;/h11-12,14-15,18,23,26,28-29,31-32,34-35H,1-2,13,16-17,19-22,24-25,27H2,3-10H3;1-2H3;1H4/b18-14+,33-15+,42-23?;;. The minimum Gasteiger partial charge on any atom is -0.295 e. The molecule has 0 spiro atoms. The monoisotopic (exact) mass is 630 g/mol. The maximum atomic E-state index is 13.1. The highest BCUT2D eigenvalue weighted by molar-refractivity contribution is 5.91. The molecular weight excluding hydrogens is 558 g/mol. The van der Waals surface area contributed by atoms with E-state index in [0.29, 0.717) is 17.9 Å². The molecule has 0 aromatic heterocycles. The summed E-state index contributed by atoms with van der Waals surface area (Å²) >= 11 is 0. The summed E-state index contributed by atoms with van der Waals surface area (Å²) in [4.78, 5) is 17.7. The fourth-order valence-electron chi connectivity index (χ4n) is 7.42. The number of carbonyl (C=O) groups excluding carboxylic acids is 1. The van der Waals surface area contributed by atoms with E-state index in [1.165, 1.54) is 73.6 Å². The second kappa shape index (κ2) is 19.4. The maximum Gasteiger partial charge on any atom is 0.158 e. The number of benzene rings is 1. The third kappa shape index (κ3) is 12.0. The first-order valence-corrected chi connectivity index (χ1v) is 18.1. The van der Waals surface area contributed by atoms with E-state index >= 15 is 0 Å². The van der Waals surface area contributed by atoms with Gasteiger partial charge in [0, 0.05) is 18.2 Å². The molecule has 1 aromatic carbocycles. The third-order valence-electron chi connectivity index (χ3n) is 10.9. The molecule has 0 saturated heterocycles. The predicted octanol–water partition coefficient (Wildman–Crippen LogP) is 12.7. The van der Waals surface area contributed by atoms with Crippen LogP contribution in [0.5, 0.6) is 0 Å². The van der Waals surface area contributed by atoms with Gasteiger partial charge >= 0.3 is 0 Å². The van der Waals surface area contributed by atoms with Gasteiger partial charge in [0.15, 0.2) is 5.78 Å². The molecule has 0 radical (unpaired) electrons. The van der Waals surface area contributed by atoms with Gasteiger partial charge in [-0.15, -0.1) is 0 Å². The van der Waals surface area contributed by atoms with Crippen LogP contribution in [0.15, 0.2) is 66.2 Å². The summed E-state index contributed by atoms with van der Waals surface area (Å²) in [7, 11) is 0. The summed E-state index contributed by atoms with van der Waals surface area (Å²) in [6.45, 7) is 30.3. The summed E-state index contributed by atoms with van der Waals surface area (Å²) in [6, 6.07) is 5.23. The van der Waals surface area contributed by atoms with E-state index in [1.807, 2.05) is 32.2 Å². The van der Waals surface area contributed by atoms with Crippen molar-refractivity contribution in [3.8, 4) is 0 Å². The number of ketones is 1. The number of hydrogen-bond acceptors (Lipinski definition) is 2. The van der Waals surface area contributed by atoms with Crippen LogP contribution in [0.2, 0.25) is 0 Å². The number of fused-ring (bicyclic) bond motifs is 1. The van der Waals surface area contributed by atoms with Crippen molar-refractivity contribution in [1.29, 1.82) is 0 Å². The molecule has 2 aliphatic carbocycles. The third-order valence-corrected chi connectivity index (χ3v) is 10.9. The number of aliphatic imine (C=N–C) groups is 1. The molecular formula is C44H71NO. The van der Waals surface area contributed by atoms with E-state index in [1.54, 1.807) is 12.2 Å². The minimum atomic E-state index is 0. The smallest absolute Gasteiger partial charge is 0.158 e. The van der Waals surface area contributed by atoms with Crippen LogP contribution in [-0.4, -0.2) is 18.0 Å². The fraction of sp³-hybridized carbons (Fsp3) is 0.636. The average Bonchev–Trinajstić information content (AvgIpc) is 3.23. The van der Waals surface area contributed by atoms with Gasteiger partial charge in [0.05, 0.1) is 0 Å². The highest BCUT2D eigenvalue weighted by Gasteiger charge is 2.37. The van der Waals surface area contributed by atoms with Crippen molar-refractivity contribution in [2.45, 2.75) is 158 Å². The van der Waals surface area contributed by atoms with E-state index in [0.717, 1.165) is 24.3 Å². The van der Waals surface area contributed by atoms with Crippen molar-refractivity contribution < 1.29 is 4.79 Å². The van der Waals surface area contributed by atoms with Crippen LogP contribution >= 0.6 is 0 Å². The van der Waals surface area contributed by atoms with E-state index in [-0.39, 0.29) is 30.0 Å². The Morgan fingerprint density at radius 2 is 1.50 bits per heavy atom. The second-order valence-electron chi connectivity index (χ2n) is 15.3.